The molecule has 1 saturated heterocycles. The Hall–Kier alpha value is -2.48. The zero-order valence-electron chi connectivity index (χ0n) is 19.2. The van der Waals surface area contributed by atoms with Crippen molar-refractivity contribution in [3.8, 4) is 11.5 Å². The van der Waals surface area contributed by atoms with Crippen LogP contribution in [0.4, 0.5) is 10.5 Å². The summed E-state index contributed by atoms with van der Waals surface area (Å²) in [6, 6.07) is 5.09. The van der Waals surface area contributed by atoms with Crippen LogP contribution in [0.2, 0.25) is 0 Å². The zero-order chi connectivity index (χ0) is 23.1. The molecule has 1 heterocycles. The minimum absolute atomic E-state index is 0.0319. The first-order valence-electron chi connectivity index (χ1n) is 11.2. The molecular weight excluding hydrogens is 414 g/mol. The molecule has 176 valence electrons. The summed E-state index contributed by atoms with van der Waals surface area (Å²) in [5.74, 6) is 1.26. The average molecular weight is 448 g/mol. The van der Waals surface area contributed by atoms with Gasteiger partial charge in [0.15, 0.2) is 0 Å². The fourth-order valence-electron chi connectivity index (χ4n) is 6.45. The first-order chi connectivity index (χ1) is 15.2. The maximum atomic E-state index is 12.8. The summed E-state index contributed by atoms with van der Waals surface area (Å²) < 4.78 is 21.9. The van der Waals surface area contributed by atoms with E-state index in [0.29, 0.717) is 30.0 Å². The molecule has 6 atom stereocenters. The third-order valence-electron chi connectivity index (χ3n) is 8.17. The Labute approximate surface area is 188 Å². The number of methoxy groups -OCH3 is 2. The molecule has 1 aromatic carbocycles. The summed E-state index contributed by atoms with van der Waals surface area (Å²) in [5.41, 5.74) is -0.240. The molecule has 0 aromatic heterocycles. The van der Waals surface area contributed by atoms with Crippen LogP contribution < -0.4 is 14.8 Å². The van der Waals surface area contributed by atoms with E-state index in [2.05, 4.69) is 12.2 Å². The topological polar surface area (TPSA) is 103 Å². The summed E-state index contributed by atoms with van der Waals surface area (Å²) in [6.07, 6.45) is 2.44. The van der Waals surface area contributed by atoms with Crippen molar-refractivity contribution in [1.29, 1.82) is 0 Å². The van der Waals surface area contributed by atoms with Crippen molar-refractivity contribution in [2.45, 2.75) is 58.2 Å². The van der Waals surface area contributed by atoms with Crippen LogP contribution in [0, 0.1) is 22.7 Å². The predicted molar refractivity (Wildman–Crippen MR) is 117 cm³/mol. The number of benzene rings is 1. The van der Waals surface area contributed by atoms with E-state index in [0.717, 1.165) is 19.3 Å². The van der Waals surface area contributed by atoms with Gasteiger partial charge in [-0.05, 0) is 37.0 Å². The smallest absolute Gasteiger partial charge is 0.411 e. The maximum absolute atomic E-state index is 12.8. The fraction of sp³-hybridized carbons (Fsp3) is 0.667. The average Bonchev–Trinajstić information content (AvgIpc) is 3.17. The molecule has 1 amide bonds. The molecule has 0 bridgehead atoms. The number of carbonyl (C=O) groups is 2. The molecule has 2 N–H and O–H groups in total. The Morgan fingerprint density at radius 3 is 2.47 bits per heavy atom. The molecule has 2 aliphatic carbocycles. The Bertz CT molecular complexity index is 867. The highest BCUT2D eigenvalue weighted by molar-refractivity contribution is 5.85. The number of aliphatic hydroxyl groups is 1. The lowest BCUT2D eigenvalue weighted by molar-refractivity contribution is -0.174. The number of hydrogen-bond acceptors (Lipinski definition) is 7. The molecule has 32 heavy (non-hydrogen) atoms. The number of amides is 1. The Kier molecular flexibility index (Phi) is 6.00. The number of rotatable bonds is 5. The van der Waals surface area contributed by atoms with Crippen LogP contribution in [0.1, 0.15) is 46.0 Å². The number of hydrogen-bond donors (Lipinski definition) is 2. The quantitative estimate of drug-likeness (QED) is 0.663. The largest absolute Gasteiger partial charge is 0.497 e. The number of nitrogens with one attached hydrogen (secondary N) is 1. The second kappa shape index (κ2) is 8.46. The van der Waals surface area contributed by atoms with Crippen LogP contribution in [0.5, 0.6) is 11.5 Å². The molecule has 3 fully saturated rings. The predicted octanol–water partition coefficient (Wildman–Crippen LogP) is 3.76. The number of fused-ring (bicyclic) bond motifs is 3. The Morgan fingerprint density at radius 1 is 1.16 bits per heavy atom. The molecule has 4 rings (SSSR count). The molecular formula is C24H33NO7. The van der Waals surface area contributed by atoms with Crippen molar-refractivity contribution in [1.82, 2.24) is 0 Å². The van der Waals surface area contributed by atoms with Gasteiger partial charge in [-0.15, -0.1) is 0 Å². The van der Waals surface area contributed by atoms with Crippen molar-refractivity contribution >= 4 is 17.7 Å². The van der Waals surface area contributed by atoms with Gasteiger partial charge in [0, 0.05) is 29.5 Å². The molecule has 6 unspecified atom stereocenters. The minimum atomic E-state index is -0.604. The second-order valence-corrected chi connectivity index (χ2v) is 9.80. The first-order valence-corrected chi connectivity index (χ1v) is 11.2. The summed E-state index contributed by atoms with van der Waals surface area (Å²) in [7, 11) is 3.08. The van der Waals surface area contributed by atoms with Crippen molar-refractivity contribution in [3.05, 3.63) is 18.2 Å². The highest BCUT2D eigenvalue weighted by Gasteiger charge is 2.62. The SMILES string of the molecule is COc1cc(NC(=O)OC2CCC3(C)C4CC(=O)OC4CCC3C2(C)CO)cc(OC)c1. The molecule has 2 saturated carbocycles. The van der Waals surface area contributed by atoms with Gasteiger partial charge in [0.1, 0.15) is 23.7 Å². The fourth-order valence-corrected chi connectivity index (χ4v) is 6.45. The van der Waals surface area contributed by atoms with E-state index < -0.39 is 17.6 Å². The Balaban J connectivity index is 1.50. The minimum Gasteiger partial charge on any atom is -0.497 e. The van der Waals surface area contributed by atoms with Gasteiger partial charge in [-0.1, -0.05) is 13.8 Å². The van der Waals surface area contributed by atoms with Gasteiger partial charge in [0.25, 0.3) is 0 Å². The van der Waals surface area contributed by atoms with Gasteiger partial charge in [-0.3, -0.25) is 10.1 Å². The van der Waals surface area contributed by atoms with Crippen LogP contribution in [-0.2, 0) is 14.3 Å². The highest BCUT2D eigenvalue weighted by Crippen LogP contribution is 2.62. The third kappa shape index (κ3) is 3.78. The number of aliphatic hydroxyl groups excluding tert-OH is 1. The molecule has 0 radical (unpaired) electrons. The van der Waals surface area contributed by atoms with Crippen molar-refractivity contribution in [2.24, 2.45) is 22.7 Å². The van der Waals surface area contributed by atoms with Gasteiger partial charge in [-0.25, -0.2) is 4.79 Å². The Morgan fingerprint density at radius 2 is 1.84 bits per heavy atom. The van der Waals surface area contributed by atoms with E-state index >= 15 is 0 Å². The molecule has 8 heteroatoms. The van der Waals surface area contributed by atoms with Crippen LogP contribution >= 0.6 is 0 Å². The van der Waals surface area contributed by atoms with Gasteiger partial charge in [0.05, 0.1) is 32.9 Å². The van der Waals surface area contributed by atoms with E-state index in [1.54, 1.807) is 32.4 Å². The van der Waals surface area contributed by atoms with Crippen LogP contribution in [0.25, 0.3) is 0 Å². The molecule has 8 nitrogen and oxygen atoms in total. The lowest BCUT2D eigenvalue weighted by Crippen LogP contribution is -2.59. The number of ether oxygens (including phenoxy) is 4. The van der Waals surface area contributed by atoms with E-state index in [9.17, 15) is 14.7 Å². The normalized spacial score (nSPS) is 35.8. The summed E-state index contributed by atoms with van der Waals surface area (Å²) in [5, 5.41) is 13.2. The molecule has 1 aromatic rings. The summed E-state index contributed by atoms with van der Waals surface area (Å²) in [6.45, 7) is 4.12. The van der Waals surface area contributed by atoms with Gasteiger partial charge < -0.3 is 24.1 Å². The monoisotopic (exact) mass is 447 g/mol. The first kappa shape index (κ1) is 22.7. The van der Waals surface area contributed by atoms with E-state index in [4.69, 9.17) is 18.9 Å². The second-order valence-electron chi connectivity index (χ2n) is 9.80. The molecule has 0 spiro atoms. The van der Waals surface area contributed by atoms with Crippen LogP contribution in [-0.4, -0.2) is 50.2 Å². The zero-order valence-corrected chi connectivity index (χ0v) is 19.2. The van der Waals surface area contributed by atoms with E-state index in [-0.39, 0.29) is 35.9 Å². The van der Waals surface area contributed by atoms with Crippen LogP contribution in [0.15, 0.2) is 18.2 Å². The summed E-state index contributed by atoms with van der Waals surface area (Å²) in [4.78, 5) is 24.8. The van der Waals surface area contributed by atoms with Crippen molar-refractivity contribution in [3.63, 3.8) is 0 Å². The van der Waals surface area contributed by atoms with Crippen LogP contribution in [0.3, 0.4) is 0 Å². The van der Waals surface area contributed by atoms with Gasteiger partial charge in [-0.2, -0.15) is 0 Å². The van der Waals surface area contributed by atoms with E-state index in [1.165, 1.54) is 0 Å². The lowest BCUT2D eigenvalue weighted by Gasteiger charge is -2.59. The highest BCUT2D eigenvalue weighted by atomic mass is 16.6. The molecule has 1 aliphatic heterocycles. The number of esters is 1. The lowest BCUT2D eigenvalue weighted by atomic mass is 9.46. The van der Waals surface area contributed by atoms with Crippen molar-refractivity contribution in [2.75, 3.05) is 26.1 Å². The van der Waals surface area contributed by atoms with Gasteiger partial charge in [0.2, 0.25) is 0 Å². The summed E-state index contributed by atoms with van der Waals surface area (Å²) >= 11 is 0. The number of carbonyl (C=O) groups excluding carboxylic acids is 2. The van der Waals surface area contributed by atoms with Gasteiger partial charge >= 0.3 is 12.1 Å². The third-order valence-corrected chi connectivity index (χ3v) is 8.17. The standard InChI is InChI=1S/C24H33NO7/c1-23-8-7-20(32-22(28)25-14-9-15(29-3)11-16(10-14)30-4)24(2,13-26)19(23)6-5-18-17(23)12-21(27)31-18/h9-11,17-20,26H,5-8,12-13H2,1-4H3,(H,25,28). The van der Waals surface area contributed by atoms with Crippen molar-refractivity contribution < 1.29 is 33.6 Å². The van der Waals surface area contributed by atoms with E-state index in [1.807, 2.05) is 6.92 Å². The maximum Gasteiger partial charge on any atom is 0.411 e. The molecule has 3 aliphatic rings. The number of anilines is 1.